The van der Waals surface area contributed by atoms with Gasteiger partial charge >= 0.3 is 0 Å². The monoisotopic (exact) mass is 239 g/mol. The summed E-state index contributed by atoms with van der Waals surface area (Å²) in [6.07, 6.45) is 3.90. The highest BCUT2D eigenvalue weighted by Gasteiger charge is 2.30. The molecule has 17 heavy (non-hydrogen) atoms. The molecule has 1 fully saturated rings. The van der Waals surface area contributed by atoms with Crippen LogP contribution in [0.2, 0.25) is 0 Å². The molecule has 1 aliphatic rings. The molecule has 0 aliphatic heterocycles. The van der Waals surface area contributed by atoms with Gasteiger partial charge in [0.25, 0.3) is 0 Å². The Morgan fingerprint density at radius 1 is 1.53 bits per heavy atom. The molecule has 5 heteroatoms. The standard InChI is InChI=1S/C12H21N3O2/c1-8(2)10-14-11(15-17-10)12(3,13)7-16-9-5-4-6-9/h8-9H,4-7,13H2,1-3H3. The molecule has 0 aromatic carbocycles. The summed E-state index contributed by atoms with van der Waals surface area (Å²) in [4.78, 5) is 4.32. The molecule has 0 radical (unpaired) electrons. The molecule has 0 saturated heterocycles. The van der Waals surface area contributed by atoms with Crippen LogP contribution in [0.15, 0.2) is 4.52 Å². The van der Waals surface area contributed by atoms with Crippen molar-refractivity contribution >= 4 is 0 Å². The Bertz CT molecular complexity index is 370. The summed E-state index contributed by atoms with van der Waals surface area (Å²) in [6, 6.07) is 0. The Morgan fingerprint density at radius 3 is 2.71 bits per heavy atom. The Hall–Kier alpha value is -0.940. The number of ether oxygens (including phenoxy) is 1. The fourth-order valence-corrected chi connectivity index (χ4v) is 1.59. The van der Waals surface area contributed by atoms with Crippen LogP contribution in [0.5, 0.6) is 0 Å². The number of hydrogen-bond donors (Lipinski definition) is 1. The van der Waals surface area contributed by atoms with Gasteiger partial charge < -0.3 is 15.0 Å². The van der Waals surface area contributed by atoms with Gasteiger partial charge in [0, 0.05) is 5.92 Å². The average molecular weight is 239 g/mol. The van der Waals surface area contributed by atoms with Gasteiger partial charge in [-0.15, -0.1) is 0 Å². The topological polar surface area (TPSA) is 74.2 Å². The molecule has 1 aromatic heterocycles. The second kappa shape index (κ2) is 4.74. The molecule has 1 aromatic rings. The van der Waals surface area contributed by atoms with Crippen LogP contribution in [0.25, 0.3) is 0 Å². The van der Waals surface area contributed by atoms with Crippen LogP contribution in [-0.4, -0.2) is 22.9 Å². The Labute approximate surface area is 102 Å². The maximum atomic E-state index is 6.17. The first-order valence-electron chi connectivity index (χ1n) is 6.23. The van der Waals surface area contributed by atoms with E-state index >= 15 is 0 Å². The summed E-state index contributed by atoms with van der Waals surface area (Å²) in [5.74, 6) is 1.38. The van der Waals surface area contributed by atoms with Crippen molar-refractivity contribution in [1.82, 2.24) is 10.1 Å². The van der Waals surface area contributed by atoms with E-state index in [1.54, 1.807) is 0 Å². The summed E-state index contributed by atoms with van der Waals surface area (Å²) >= 11 is 0. The fourth-order valence-electron chi connectivity index (χ4n) is 1.59. The van der Waals surface area contributed by atoms with Crippen molar-refractivity contribution in [3.05, 3.63) is 11.7 Å². The summed E-state index contributed by atoms with van der Waals surface area (Å²) in [6.45, 7) is 6.33. The van der Waals surface area contributed by atoms with E-state index in [1.807, 2.05) is 20.8 Å². The molecular formula is C12H21N3O2. The predicted molar refractivity (Wildman–Crippen MR) is 63.5 cm³/mol. The zero-order valence-corrected chi connectivity index (χ0v) is 10.8. The first-order valence-corrected chi connectivity index (χ1v) is 6.23. The van der Waals surface area contributed by atoms with Gasteiger partial charge in [-0.05, 0) is 26.2 Å². The smallest absolute Gasteiger partial charge is 0.229 e. The van der Waals surface area contributed by atoms with Gasteiger partial charge in [0.2, 0.25) is 5.89 Å². The van der Waals surface area contributed by atoms with Crippen LogP contribution in [-0.2, 0) is 10.3 Å². The van der Waals surface area contributed by atoms with Gasteiger partial charge in [-0.2, -0.15) is 4.98 Å². The normalized spacial score (nSPS) is 20.3. The summed E-state index contributed by atoms with van der Waals surface area (Å²) < 4.78 is 10.9. The van der Waals surface area contributed by atoms with Gasteiger partial charge in [-0.25, -0.2) is 0 Å². The minimum absolute atomic E-state index is 0.222. The lowest BCUT2D eigenvalue weighted by Gasteiger charge is -2.29. The lowest BCUT2D eigenvalue weighted by atomic mass is 9.95. The third-order valence-corrected chi connectivity index (χ3v) is 3.12. The van der Waals surface area contributed by atoms with E-state index in [1.165, 1.54) is 6.42 Å². The number of hydrogen-bond acceptors (Lipinski definition) is 5. The molecule has 2 N–H and O–H groups in total. The fraction of sp³-hybridized carbons (Fsp3) is 0.833. The molecule has 0 amide bonds. The highest BCUT2D eigenvalue weighted by atomic mass is 16.5. The van der Waals surface area contributed by atoms with Gasteiger partial charge in [0.15, 0.2) is 5.82 Å². The second-order valence-electron chi connectivity index (χ2n) is 5.39. The molecule has 1 saturated carbocycles. The van der Waals surface area contributed by atoms with Crippen molar-refractivity contribution in [3.63, 3.8) is 0 Å². The zero-order chi connectivity index (χ0) is 12.5. The summed E-state index contributed by atoms with van der Waals surface area (Å²) in [5, 5.41) is 3.94. The van der Waals surface area contributed by atoms with Gasteiger partial charge in [-0.1, -0.05) is 19.0 Å². The third-order valence-electron chi connectivity index (χ3n) is 3.12. The third kappa shape index (κ3) is 2.84. The zero-order valence-electron chi connectivity index (χ0n) is 10.8. The number of rotatable bonds is 5. The van der Waals surface area contributed by atoms with Crippen molar-refractivity contribution in [3.8, 4) is 0 Å². The van der Waals surface area contributed by atoms with E-state index in [0.29, 0.717) is 24.4 Å². The predicted octanol–water partition coefficient (Wildman–Crippen LogP) is 1.94. The van der Waals surface area contributed by atoms with Crippen molar-refractivity contribution in [2.24, 2.45) is 5.73 Å². The number of aromatic nitrogens is 2. The van der Waals surface area contributed by atoms with Crippen LogP contribution < -0.4 is 5.73 Å². The molecule has 96 valence electrons. The molecule has 1 aliphatic carbocycles. The molecule has 5 nitrogen and oxygen atoms in total. The second-order valence-corrected chi connectivity index (χ2v) is 5.39. The minimum atomic E-state index is -0.674. The van der Waals surface area contributed by atoms with E-state index in [4.69, 9.17) is 15.0 Å². The SMILES string of the molecule is CC(C)c1nc(C(C)(N)COC2CCC2)no1. The molecule has 2 rings (SSSR count). The van der Waals surface area contributed by atoms with Gasteiger partial charge in [-0.3, -0.25) is 0 Å². The maximum absolute atomic E-state index is 6.17. The van der Waals surface area contributed by atoms with Crippen LogP contribution in [0.1, 0.15) is 57.7 Å². The van der Waals surface area contributed by atoms with Crippen LogP contribution in [0.3, 0.4) is 0 Å². The van der Waals surface area contributed by atoms with E-state index in [-0.39, 0.29) is 5.92 Å². The van der Waals surface area contributed by atoms with Crippen LogP contribution in [0, 0.1) is 0 Å². The van der Waals surface area contributed by atoms with E-state index < -0.39 is 5.54 Å². The number of nitrogens with two attached hydrogens (primary N) is 1. The largest absolute Gasteiger partial charge is 0.376 e. The van der Waals surface area contributed by atoms with Crippen molar-refractivity contribution in [2.45, 2.75) is 57.6 Å². The number of nitrogens with zero attached hydrogens (tertiary/aromatic N) is 2. The first-order chi connectivity index (χ1) is 7.99. The molecule has 1 heterocycles. The average Bonchev–Trinajstić information content (AvgIpc) is 2.63. The Kier molecular flexibility index (Phi) is 3.49. The van der Waals surface area contributed by atoms with Crippen LogP contribution in [0.4, 0.5) is 0 Å². The molecule has 1 unspecified atom stereocenters. The highest BCUT2D eigenvalue weighted by Crippen LogP contribution is 2.25. The van der Waals surface area contributed by atoms with Crippen molar-refractivity contribution in [1.29, 1.82) is 0 Å². The summed E-state index contributed by atoms with van der Waals surface area (Å²) in [5.41, 5.74) is 5.49. The van der Waals surface area contributed by atoms with E-state index in [0.717, 1.165) is 12.8 Å². The lowest BCUT2D eigenvalue weighted by molar-refractivity contribution is -0.0222. The first kappa shape index (κ1) is 12.5. The van der Waals surface area contributed by atoms with Gasteiger partial charge in [0.05, 0.1) is 12.7 Å². The van der Waals surface area contributed by atoms with Crippen LogP contribution >= 0.6 is 0 Å². The van der Waals surface area contributed by atoms with E-state index in [2.05, 4.69) is 10.1 Å². The highest BCUT2D eigenvalue weighted by molar-refractivity contribution is 5.03. The van der Waals surface area contributed by atoms with Crippen molar-refractivity contribution < 1.29 is 9.26 Å². The summed E-state index contributed by atoms with van der Waals surface area (Å²) in [7, 11) is 0. The Morgan fingerprint density at radius 2 is 2.24 bits per heavy atom. The van der Waals surface area contributed by atoms with Crippen molar-refractivity contribution in [2.75, 3.05) is 6.61 Å². The molecular weight excluding hydrogens is 218 g/mol. The lowest BCUT2D eigenvalue weighted by Crippen LogP contribution is -2.41. The van der Waals surface area contributed by atoms with E-state index in [9.17, 15) is 0 Å². The molecule has 1 atom stereocenters. The van der Waals surface area contributed by atoms with Gasteiger partial charge in [0.1, 0.15) is 5.54 Å². The minimum Gasteiger partial charge on any atom is -0.376 e. The Balaban J connectivity index is 1.96. The molecule has 0 bridgehead atoms. The maximum Gasteiger partial charge on any atom is 0.229 e. The quantitative estimate of drug-likeness (QED) is 0.849. The molecule has 0 spiro atoms.